The maximum atomic E-state index is 13.7. The summed E-state index contributed by atoms with van der Waals surface area (Å²) < 4.78 is 12.7. The van der Waals surface area contributed by atoms with Crippen LogP contribution in [-0.2, 0) is 9.53 Å². The summed E-state index contributed by atoms with van der Waals surface area (Å²) in [4.78, 5) is 31.6. The Morgan fingerprint density at radius 1 is 1.00 bits per heavy atom. The number of aromatic nitrogens is 1. The highest BCUT2D eigenvalue weighted by atomic mass is 32.1. The molecule has 7 heteroatoms. The van der Waals surface area contributed by atoms with Crippen molar-refractivity contribution in [2.75, 3.05) is 14.2 Å². The molecule has 0 amide bonds. The number of rotatable bonds is 4. The van der Waals surface area contributed by atoms with Crippen LogP contribution in [0.2, 0.25) is 0 Å². The van der Waals surface area contributed by atoms with Crippen LogP contribution in [0.5, 0.6) is 5.75 Å². The van der Waals surface area contributed by atoms with E-state index in [2.05, 4.69) is 4.99 Å². The monoisotopic (exact) mass is 470 g/mol. The maximum absolute atomic E-state index is 13.7. The molecule has 0 bridgehead atoms. The number of carbonyl (C=O) groups is 1. The lowest BCUT2D eigenvalue weighted by molar-refractivity contribution is -0.136. The van der Waals surface area contributed by atoms with Crippen LogP contribution in [0.25, 0.3) is 16.8 Å². The maximum Gasteiger partial charge on any atom is 0.338 e. The third-order valence-electron chi connectivity index (χ3n) is 5.97. The quantitative estimate of drug-likeness (QED) is 0.428. The number of ether oxygens (including phenoxy) is 2. The molecule has 0 fully saturated rings. The summed E-state index contributed by atoms with van der Waals surface area (Å²) in [6.45, 7) is 1.77. The van der Waals surface area contributed by atoms with Gasteiger partial charge in [-0.1, -0.05) is 72.0 Å². The van der Waals surface area contributed by atoms with Crippen molar-refractivity contribution >= 4 is 34.2 Å². The number of allylic oxidation sites excluding steroid dienone is 1. The van der Waals surface area contributed by atoms with Crippen molar-refractivity contribution < 1.29 is 14.3 Å². The van der Waals surface area contributed by atoms with Crippen molar-refractivity contribution in [1.29, 1.82) is 0 Å². The number of nitrogens with zero attached hydrogens (tertiary/aromatic N) is 2. The van der Waals surface area contributed by atoms with E-state index >= 15 is 0 Å². The first-order chi connectivity index (χ1) is 16.5. The highest BCUT2D eigenvalue weighted by Crippen LogP contribution is 2.31. The second-order valence-electron chi connectivity index (χ2n) is 7.89. The van der Waals surface area contributed by atoms with Crippen LogP contribution < -0.4 is 19.6 Å². The first-order valence-electron chi connectivity index (χ1n) is 10.7. The molecule has 0 N–H and O–H groups in total. The van der Waals surface area contributed by atoms with E-state index in [1.807, 2.05) is 72.8 Å². The summed E-state index contributed by atoms with van der Waals surface area (Å²) in [6.07, 6.45) is 1.88. The van der Waals surface area contributed by atoms with Gasteiger partial charge < -0.3 is 9.47 Å². The van der Waals surface area contributed by atoms with Crippen molar-refractivity contribution in [2.45, 2.75) is 13.0 Å². The zero-order chi connectivity index (χ0) is 23.8. The largest absolute Gasteiger partial charge is 0.496 e. The molecular weight excluding hydrogens is 448 g/mol. The van der Waals surface area contributed by atoms with Crippen molar-refractivity contribution in [1.82, 2.24) is 4.57 Å². The van der Waals surface area contributed by atoms with Gasteiger partial charge in [-0.25, -0.2) is 9.79 Å². The Labute approximate surface area is 199 Å². The molecule has 0 aliphatic carbocycles. The Kier molecular flexibility index (Phi) is 5.63. The summed E-state index contributed by atoms with van der Waals surface area (Å²) in [5.41, 5.74) is 2.43. The normalized spacial score (nSPS) is 15.7. The Morgan fingerprint density at radius 3 is 2.41 bits per heavy atom. The summed E-state index contributed by atoms with van der Waals surface area (Å²) in [7, 11) is 2.98. The molecule has 0 saturated heterocycles. The van der Waals surface area contributed by atoms with Gasteiger partial charge in [0, 0.05) is 5.39 Å². The topological polar surface area (TPSA) is 69.9 Å². The zero-order valence-electron chi connectivity index (χ0n) is 18.9. The molecular formula is C27H22N2O4S. The summed E-state index contributed by atoms with van der Waals surface area (Å²) in [5.74, 6) is 0.280. The number of benzene rings is 3. The summed E-state index contributed by atoms with van der Waals surface area (Å²) >= 11 is 1.31. The van der Waals surface area contributed by atoms with E-state index in [4.69, 9.17) is 9.47 Å². The fourth-order valence-corrected chi connectivity index (χ4v) is 5.42. The van der Waals surface area contributed by atoms with E-state index in [0.29, 0.717) is 20.6 Å². The van der Waals surface area contributed by atoms with Crippen LogP contribution >= 0.6 is 11.3 Å². The first-order valence-corrected chi connectivity index (χ1v) is 11.6. The summed E-state index contributed by atoms with van der Waals surface area (Å²) in [5, 5.41) is 1.95. The average molecular weight is 471 g/mol. The van der Waals surface area contributed by atoms with Crippen LogP contribution in [0.1, 0.15) is 24.1 Å². The second kappa shape index (κ2) is 8.76. The minimum atomic E-state index is -0.611. The SMILES string of the molecule is COC(=O)C1=C(C)N=c2sc(=Cc3ccc(OC)c4ccccc34)c(=O)n2C1c1ccccc1. The number of hydrogen-bond donors (Lipinski definition) is 0. The van der Waals surface area contributed by atoms with Crippen LogP contribution in [0.3, 0.4) is 0 Å². The molecule has 1 aliphatic rings. The Balaban J connectivity index is 1.76. The number of methoxy groups -OCH3 is 2. The molecule has 34 heavy (non-hydrogen) atoms. The van der Waals surface area contributed by atoms with Gasteiger partial charge in [0.25, 0.3) is 5.56 Å². The predicted octanol–water partition coefficient (Wildman–Crippen LogP) is 3.57. The third kappa shape index (κ3) is 3.54. The molecule has 1 atom stereocenters. The van der Waals surface area contributed by atoms with Gasteiger partial charge in [-0.3, -0.25) is 9.36 Å². The number of carbonyl (C=O) groups excluding carboxylic acids is 1. The molecule has 3 aromatic carbocycles. The van der Waals surface area contributed by atoms with Crippen molar-refractivity contribution in [3.05, 3.63) is 109 Å². The fourth-order valence-electron chi connectivity index (χ4n) is 4.38. The van der Waals surface area contributed by atoms with Gasteiger partial charge in [0.15, 0.2) is 4.80 Å². The van der Waals surface area contributed by atoms with E-state index in [1.54, 1.807) is 18.6 Å². The van der Waals surface area contributed by atoms with E-state index in [9.17, 15) is 9.59 Å². The van der Waals surface area contributed by atoms with Gasteiger partial charge in [-0.05, 0) is 35.6 Å². The highest BCUT2D eigenvalue weighted by Gasteiger charge is 2.32. The van der Waals surface area contributed by atoms with Crippen LogP contribution in [0.4, 0.5) is 0 Å². The number of hydrogen-bond acceptors (Lipinski definition) is 6. The number of fused-ring (bicyclic) bond motifs is 2. The van der Waals surface area contributed by atoms with E-state index in [0.717, 1.165) is 27.6 Å². The van der Waals surface area contributed by atoms with Gasteiger partial charge in [0.1, 0.15) is 5.75 Å². The molecule has 5 rings (SSSR count). The fraction of sp³-hybridized carbons (Fsp3) is 0.148. The van der Waals surface area contributed by atoms with Crippen molar-refractivity contribution in [2.24, 2.45) is 4.99 Å². The van der Waals surface area contributed by atoms with E-state index in [1.165, 1.54) is 18.4 Å². The minimum Gasteiger partial charge on any atom is -0.496 e. The summed E-state index contributed by atoms with van der Waals surface area (Å²) in [6, 6.07) is 20.6. The zero-order valence-corrected chi connectivity index (χ0v) is 19.8. The molecule has 170 valence electrons. The third-order valence-corrected chi connectivity index (χ3v) is 6.95. The molecule has 1 aliphatic heterocycles. The highest BCUT2D eigenvalue weighted by molar-refractivity contribution is 7.07. The van der Waals surface area contributed by atoms with Crippen molar-refractivity contribution in [3.8, 4) is 5.75 Å². The Bertz CT molecular complexity index is 1630. The first kappa shape index (κ1) is 21.9. The average Bonchev–Trinajstić information content (AvgIpc) is 3.17. The van der Waals surface area contributed by atoms with Gasteiger partial charge in [0.05, 0.1) is 36.1 Å². The lowest BCUT2D eigenvalue weighted by atomic mass is 9.96. The molecule has 2 heterocycles. The molecule has 6 nitrogen and oxygen atoms in total. The second-order valence-corrected chi connectivity index (χ2v) is 8.90. The standard InChI is InChI=1S/C27H22N2O4S/c1-16-23(26(31)33-3)24(17-9-5-4-6-10-17)29-25(30)22(34-27(29)28-16)15-18-13-14-21(32-2)20-12-8-7-11-19(18)20/h4-15,24H,1-3H3. The van der Waals surface area contributed by atoms with Crippen LogP contribution in [0.15, 0.2) is 87.8 Å². The van der Waals surface area contributed by atoms with Gasteiger partial charge >= 0.3 is 5.97 Å². The Morgan fingerprint density at radius 2 is 1.71 bits per heavy atom. The van der Waals surface area contributed by atoms with Crippen molar-refractivity contribution in [3.63, 3.8) is 0 Å². The van der Waals surface area contributed by atoms with Gasteiger partial charge in [-0.2, -0.15) is 0 Å². The molecule has 1 unspecified atom stereocenters. The lowest BCUT2D eigenvalue weighted by Crippen LogP contribution is -2.39. The number of thiazole rings is 1. The Hall–Kier alpha value is -3.97. The smallest absolute Gasteiger partial charge is 0.338 e. The van der Waals surface area contributed by atoms with Crippen LogP contribution in [-0.4, -0.2) is 24.8 Å². The molecule has 0 saturated carbocycles. The minimum absolute atomic E-state index is 0.202. The lowest BCUT2D eigenvalue weighted by Gasteiger charge is -2.24. The predicted molar refractivity (Wildman–Crippen MR) is 133 cm³/mol. The van der Waals surface area contributed by atoms with Gasteiger partial charge in [0.2, 0.25) is 0 Å². The molecule has 4 aromatic rings. The molecule has 1 aromatic heterocycles. The molecule has 0 spiro atoms. The molecule has 0 radical (unpaired) electrons. The number of esters is 1. The van der Waals surface area contributed by atoms with E-state index in [-0.39, 0.29) is 5.56 Å². The van der Waals surface area contributed by atoms with Crippen LogP contribution in [0, 0.1) is 0 Å². The van der Waals surface area contributed by atoms with E-state index < -0.39 is 12.0 Å². The van der Waals surface area contributed by atoms with Gasteiger partial charge in [-0.15, -0.1) is 0 Å².